The summed E-state index contributed by atoms with van der Waals surface area (Å²) in [6.07, 6.45) is 0.823. The molecule has 0 bridgehead atoms. The Balaban J connectivity index is 1.93. The van der Waals surface area contributed by atoms with Crippen molar-refractivity contribution < 1.29 is 24.2 Å². The molecular weight excluding hydrogens is 489 g/mol. The lowest BCUT2D eigenvalue weighted by Crippen LogP contribution is -2.29. The van der Waals surface area contributed by atoms with E-state index < -0.39 is 17.7 Å². The molecule has 3 aromatic carbocycles. The lowest BCUT2D eigenvalue weighted by Gasteiger charge is -2.26. The number of benzene rings is 3. The molecule has 3 aromatic rings. The van der Waals surface area contributed by atoms with Crippen molar-refractivity contribution in [3.63, 3.8) is 0 Å². The van der Waals surface area contributed by atoms with Gasteiger partial charge in [0.15, 0.2) is 0 Å². The van der Waals surface area contributed by atoms with Gasteiger partial charge < -0.3 is 14.6 Å². The van der Waals surface area contributed by atoms with Crippen LogP contribution in [0.3, 0.4) is 0 Å². The molecule has 0 aliphatic carbocycles. The van der Waals surface area contributed by atoms with Gasteiger partial charge in [0.25, 0.3) is 11.7 Å². The number of ketones is 1. The summed E-state index contributed by atoms with van der Waals surface area (Å²) < 4.78 is 11.1. The molecule has 1 fully saturated rings. The number of hydrogen-bond donors (Lipinski definition) is 1. The highest BCUT2D eigenvalue weighted by atomic mass is 35.5. The molecule has 1 saturated heterocycles. The maximum atomic E-state index is 13.3. The minimum atomic E-state index is -0.915. The van der Waals surface area contributed by atoms with Crippen LogP contribution in [0, 0.1) is 0 Å². The highest BCUT2D eigenvalue weighted by Crippen LogP contribution is 2.43. The highest BCUT2D eigenvalue weighted by molar-refractivity contribution is 6.51. The van der Waals surface area contributed by atoms with Crippen LogP contribution in [-0.4, -0.2) is 30.5 Å². The minimum absolute atomic E-state index is 0.0659. The molecule has 180 valence electrons. The molecule has 0 aromatic heterocycles. The fourth-order valence-electron chi connectivity index (χ4n) is 3.97. The first-order valence-corrected chi connectivity index (χ1v) is 11.7. The van der Waals surface area contributed by atoms with E-state index in [-0.39, 0.29) is 21.9 Å². The highest BCUT2D eigenvalue weighted by Gasteiger charge is 2.47. The van der Waals surface area contributed by atoms with E-state index in [0.717, 1.165) is 6.42 Å². The Hall–Kier alpha value is -3.48. The quantitative estimate of drug-likeness (QED) is 0.225. The van der Waals surface area contributed by atoms with Crippen molar-refractivity contribution in [2.24, 2.45) is 0 Å². The van der Waals surface area contributed by atoms with Crippen LogP contribution in [0.5, 0.6) is 11.5 Å². The third kappa shape index (κ3) is 4.85. The fraction of sp³-hybridized carbons (Fsp3) is 0.185. The van der Waals surface area contributed by atoms with E-state index >= 15 is 0 Å². The first-order valence-electron chi connectivity index (χ1n) is 11.0. The van der Waals surface area contributed by atoms with E-state index in [2.05, 4.69) is 0 Å². The molecule has 6 nitrogen and oxygen atoms in total. The van der Waals surface area contributed by atoms with Gasteiger partial charge in [-0.1, -0.05) is 48.3 Å². The molecule has 1 unspecified atom stereocenters. The third-order valence-electron chi connectivity index (χ3n) is 5.62. The molecule has 0 radical (unpaired) electrons. The summed E-state index contributed by atoms with van der Waals surface area (Å²) in [7, 11) is 1.52. The Labute approximate surface area is 213 Å². The Morgan fingerprint density at radius 1 is 0.971 bits per heavy atom. The van der Waals surface area contributed by atoms with Gasteiger partial charge in [0, 0.05) is 17.3 Å². The van der Waals surface area contributed by atoms with E-state index in [1.54, 1.807) is 54.6 Å². The Morgan fingerprint density at radius 3 is 2.43 bits per heavy atom. The molecule has 0 saturated carbocycles. The van der Waals surface area contributed by atoms with Gasteiger partial charge in [-0.05, 0) is 54.4 Å². The number of hydrogen-bond acceptors (Lipinski definition) is 5. The second-order valence-corrected chi connectivity index (χ2v) is 8.73. The van der Waals surface area contributed by atoms with Crippen LogP contribution in [0.4, 0.5) is 5.69 Å². The zero-order chi connectivity index (χ0) is 25.1. The number of carbonyl (C=O) groups is 2. The lowest BCUT2D eigenvalue weighted by atomic mass is 9.95. The van der Waals surface area contributed by atoms with Crippen molar-refractivity contribution in [3.8, 4) is 11.5 Å². The molecule has 8 heteroatoms. The number of amides is 1. The number of nitrogens with zero attached hydrogens (tertiary/aromatic N) is 1. The fourth-order valence-corrected chi connectivity index (χ4v) is 4.27. The van der Waals surface area contributed by atoms with Gasteiger partial charge in [-0.25, -0.2) is 0 Å². The van der Waals surface area contributed by atoms with E-state index in [0.29, 0.717) is 34.4 Å². The first-order chi connectivity index (χ1) is 16.8. The molecule has 1 aliphatic heterocycles. The number of Topliss-reactive ketones (excluding diaryl/α,β-unsaturated/α-hetero) is 1. The number of halogens is 2. The summed E-state index contributed by atoms with van der Waals surface area (Å²) in [5, 5.41) is 11.8. The molecule has 1 amide bonds. The maximum Gasteiger partial charge on any atom is 0.300 e. The van der Waals surface area contributed by atoms with Gasteiger partial charge in [-0.3, -0.25) is 14.5 Å². The van der Waals surface area contributed by atoms with E-state index in [9.17, 15) is 14.7 Å². The lowest BCUT2D eigenvalue weighted by molar-refractivity contribution is -0.132. The smallest absolute Gasteiger partial charge is 0.300 e. The van der Waals surface area contributed by atoms with E-state index in [4.69, 9.17) is 32.7 Å². The average Bonchev–Trinajstić information content (AvgIpc) is 3.14. The summed E-state index contributed by atoms with van der Waals surface area (Å²) in [6, 6.07) is 17.6. The molecular formula is C27H23Cl2NO5. The summed E-state index contributed by atoms with van der Waals surface area (Å²) in [5.74, 6) is -0.828. The number of methoxy groups -OCH3 is 1. The van der Waals surface area contributed by atoms with Gasteiger partial charge in [-0.2, -0.15) is 0 Å². The maximum absolute atomic E-state index is 13.3. The van der Waals surface area contributed by atoms with Crippen molar-refractivity contribution >= 4 is 46.3 Å². The SMILES string of the molecule is CCCOc1cccc(C2/C(=C(\O)c3ccc(Cl)c(Cl)c3)C(=O)C(=O)N2c2cccc(OC)c2)c1. The molecule has 1 N–H and O–H groups in total. The number of aliphatic hydroxyl groups excluding tert-OH is 1. The van der Waals surface area contributed by atoms with Crippen LogP contribution in [0.1, 0.15) is 30.5 Å². The van der Waals surface area contributed by atoms with Gasteiger partial charge in [0.05, 0.1) is 35.4 Å². The second kappa shape index (κ2) is 10.4. The van der Waals surface area contributed by atoms with Crippen LogP contribution in [-0.2, 0) is 9.59 Å². The van der Waals surface area contributed by atoms with Crippen molar-refractivity contribution in [1.29, 1.82) is 0 Å². The standard InChI is InChI=1S/C27H23Cl2NO5/c1-3-12-35-20-9-4-6-16(13-20)24-23(25(31)17-10-11-21(28)22(29)14-17)26(32)27(33)30(24)18-7-5-8-19(15-18)34-2/h4-11,13-15,24,31H,3,12H2,1-2H3/b25-23+. The zero-order valence-electron chi connectivity index (χ0n) is 19.1. The second-order valence-electron chi connectivity index (χ2n) is 7.92. The monoisotopic (exact) mass is 511 g/mol. The molecule has 0 spiro atoms. The van der Waals surface area contributed by atoms with E-state index in [1.165, 1.54) is 24.1 Å². The van der Waals surface area contributed by atoms with Crippen molar-refractivity contribution in [2.75, 3.05) is 18.6 Å². The normalized spacial score (nSPS) is 17.0. The number of ether oxygens (including phenoxy) is 2. The largest absolute Gasteiger partial charge is 0.507 e. The predicted octanol–water partition coefficient (Wildman–Crippen LogP) is 6.42. The number of anilines is 1. The Kier molecular flexibility index (Phi) is 7.34. The first kappa shape index (κ1) is 24.6. The van der Waals surface area contributed by atoms with Crippen LogP contribution < -0.4 is 14.4 Å². The minimum Gasteiger partial charge on any atom is -0.507 e. The topological polar surface area (TPSA) is 76.1 Å². The molecule has 1 aliphatic rings. The third-order valence-corrected chi connectivity index (χ3v) is 6.35. The van der Waals surface area contributed by atoms with Crippen LogP contribution in [0.2, 0.25) is 10.0 Å². The van der Waals surface area contributed by atoms with Crippen LogP contribution >= 0.6 is 23.2 Å². The van der Waals surface area contributed by atoms with Gasteiger partial charge >= 0.3 is 0 Å². The van der Waals surface area contributed by atoms with Gasteiger partial charge in [0.2, 0.25) is 0 Å². The molecule has 1 heterocycles. The Bertz CT molecular complexity index is 1320. The zero-order valence-corrected chi connectivity index (χ0v) is 20.6. The average molecular weight is 512 g/mol. The number of rotatable bonds is 7. The molecule has 35 heavy (non-hydrogen) atoms. The molecule has 4 rings (SSSR count). The van der Waals surface area contributed by atoms with Crippen molar-refractivity contribution in [2.45, 2.75) is 19.4 Å². The number of aliphatic hydroxyl groups is 1. The van der Waals surface area contributed by atoms with Crippen molar-refractivity contribution in [1.82, 2.24) is 0 Å². The summed E-state index contributed by atoms with van der Waals surface area (Å²) in [4.78, 5) is 28.0. The van der Waals surface area contributed by atoms with Gasteiger partial charge in [-0.15, -0.1) is 0 Å². The summed E-state index contributed by atoms with van der Waals surface area (Å²) in [5.41, 5.74) is 1.25. The molecule has 1 atom stereocenters. The summed E-state index contributed by atoms with van der Waals surface area (Å²) >= 11 is 12.2. The van der Waals surface area contributed by atoms with Crippen LogP contribution in [0.25, 0.3) is 5.76 Å². The number of carbonyl (C=O) groups excluding carboxylic acids is 2. The summed E-state index contributed by atoms with van der Waals surface area (Å²) in [6.45, 7) is 2.52. The predicted molar refractivity (Wildman–Crippen MR) is 136 cm³/mol. The van der Waals surface area contributed by atoms with Crippen molar-refractivity contribution in [3.05, 3.63) is 93.5 Å². The van der Waals surface area contributed by atoms with Gasteiger partial charge in [0.1, 0.15) is 17.3 Å². The Morgan fingerprint density at radius 2 is 1.71 bits per heavy atom. The van der Waals surface area contributed by atoms with Crippen LogP contribution in [0.15, 0.2) is 72.3 Å². The van der Waals surface area contributed by atoms with E-state index in [1.807, 2.05) is 6.92 Å².